The molecule has 15 heavy (non-hydrogen) atoms. The molecule has 3 nitrogen and oxygen atoms in total. The van der Waals surface area contributed by atoms with Crippen molar-refractivity contribution in [1.29, 1.82) is 0 Å². The summed E-state index contributed by atoms with van der Waals surface area (Å²) in [6, 6.07) is 0. The van der Waals surface area contributed by atoms with Gasteiger partial charge in [0.1, 0.15) is 0 Å². The van der Waals surface area contributed by atoms with Gasteiger partial charge in [-0.1, -0.05) is 20.3 Å². The van der Waals surface area contributed by atoms with Crippen molar-refractivity contribution >= 4 is 5.91 Å². The lowest BCUT2D eigenvalue weighted by atomic mass is 9.93. The van der Waals surface area contributed by atoms with E-state index in [9.17, 15) is 4.79 Å². The van der Waals surface area contributed by atoms with Gasteiger partial charge in [0.25, 0.3) is 0 Å². The first-order valence-corrected chi connectivity index (χ1v) is 6.04. The van der Waals surface area contributed by atoms with Gasteiger partial charge in [0.2, 0.25) is 5.91 Å². The van der Waals surface area contributed by atoms with Crippen LogP contribution in [0.2, 0.25) is 0 Å². The molecule has 0 aromatic heterocycles. The first-order valence-electron chi connectivity index (χ1n) is 6.04. The zero-order valence-electron chi connectivity index (χ0n) is 10.2. The van der Waals surface area contributed by atoms with Crippen LogP contribution in [0.4, 0.5) is 0 Å². The van der Waals surface area contributed by atoms with Gasteiger partial charge in [0.15, 0.2) is 0 Å². The van der Waals surface area contributed by atoms with Gasteiger partial charge in [-0.3, -0.25) is 4.79 Å². The van der Waals surface area contributed by atoms with Gasteiger partial charge in [-0.05, 0) is 32.1 Å². The summed E-state index contributed by atoms with van der Waals surface area (Å²) < 4.78 is 0. The lowest BCUT2D eigenvalue weighted by Gasteiger charge is -2.30. The number of rotatable bonds is 4. The number of amides is 1. The van der Waals surface area contributed by atoms with Gasteiger partial charge in [0, 0.05) is 18.0 Å². The minimum absolute atomic E-state index is 0.204. The number of nitrogens with one attached hydrogen (secondary N) is 1. The number of carbonyl (C=O) groups is 1. The molecule has 1 rings (SSSR count). The second-order valence-electron chi connectivity index (χ2n) is 5.12. The average Bonchev–Trinajstić information content (AvgIpc) is 2.64. The molecule has 1 amide bonds. The maximum atomic E-state index is 12.0. The molecular weight excluding hydrogens is 188 g/mol. The highest BCUT2D eigenvalue weighted by Gasteiger charge is 2.33. The Labute approximate surface area is 92.8 Å². The molecule has 0 bridgehead atoms. The van der Waals surface area contributed by atoms with Crippen molar-refractivity contribution in [3.8, 4) is 0 Å². The Bertz CT molecular complexity index is 224. The van der Waals surface area contributed by atoms with E-state index >= 15 is 0 Å². The number of carbonyl (C=O) groups excluding carboxylic acids is 1. The van der Waals surface area contributed by atoms with Crippen LogP contribution in [0.5, 0.6) is 0 Å². The van der Waals surface area contributed by atoms with E-state index in [-0.39, 0.29) is 17.4 Å². The SMILES string of the molecule is CCC(C)(CN)NC(=O)C1CCCC1C. The van der Waals surface area contributed by atoms with Crippen molar-refractivity contribution in [3.05, 3.63) is 0 Å². The topological polar surface area (TPSA) is 55.1 Å². The van der Waals surface area contributed by atoms with Crippen molar-refractivity contribution in [3.63, 3.8) is 0 Å². The van der Waals surface area contributed by atoms with E-state index in [1.54, 1.807) is 0 Å². The summed E-state index contributed by atoms with van der Waals surface area (Å²) in [6.45, 7) is 6.76. The Morgan fingerprint density at radius 1 is 1.53 bits per heavy atom. The number of hydrogen-bond acceptors (Lipinski definition) is 2. The second kappa shape index (κ2) is 4.97. The molecule has 1 saturated carbocycles. The van der Waals surface area contributed by atoms with E-state index in [4.69, 9.17) is 5.73 Å². The highest BCUT2D eigenvalue weighted by atomic mass is 16.2. The van der Waals surface area contributed by atoms with Crippen LogP contribution < -0.4 is 11.1 Å². The number of hydrogen-bond donors (Lipinski definition) is 2. The van der Waals surface area contributed by atoms with Gasteiger partial charge in [-0.2, -0.15) is 0 Å². The molecule has 3 N–H and O–H groups in total. The molecule has 1 aliphatic carbocycles. The van der Waals surface area contributed by atoms with Gasteiger partial charge in [-0.15, -0.1) is 0 Å². The molecule has 3 unspecified atom stereocenters. The van der Waals surface area contributed by atoms with E-state index < -0.39 is 0 Å². The van der Waals surface area contributed by atoms with Crippen LogP contribution in [-0.4, -0.2) is 18.0 Å². The third-order valence-electron chi connectivity index (χ3n) is 3.85. The molecule has 0 radical (unpaired) electrons. The molecule has 0 heterocycles. The van der Waals surface area contributed by atoms with Crippen LogP contribution >= 0.6 is 0 Å². The van der Waals surface area contributed by atoms with Gasteiger partial charge >= 0.3 is 0 Å². The quantitative estimate of drug-likeness (QED) is 0.744. The van der Waals surface area contributed by atoms with E-state index in [2.05, 4.69) is 19.2 Å². The normalized spacial score (nSPS) is 29.9. The Balaban J connectivity index is 2.54. The molecule has 0 aromatic carbocycles. The van der Waals surface area contributed by atoms with Crippen molar-refractivity contribution in [2.45, 2.75) is 52.0 Å². The molecule has 3 heteroatoms. The largest absolute Gasteiger partial charge is 0.349 e. The molecule has 0 aromatic rings. The summed E-state index contributed by atoms with van der Waals surface area (Å²) in [4.78, 5) is 12.0. The first kappa shape index (κ1) is 12.5. The lowest BCUT2D eigenvalue weighted by Crippen LogP contribution is -2.52. The third-order valence-corrected chi connectivity index (χ3v) is 3.85. The molecular formula is C12H24N2O. The molecule has 0 saturated heterocycles. The molecule has 1 aliphatic rings. The Kier molecular flexibility index (Phi) is 4.14. The summed E-state index contributed by atoms with van der Waals surface area (Å²) in [5.74, 6) is 0.945. The van der Waals surface area contributed by atoms with Crippen molar-refractivity contribution < 1.29 is 4.79 Å². The fourth-order valence-corrected chi connectivity index (χ4v) is 2.21. The Morgan fingerprint density at radius 2 is 2.20 bits per heavy atom. The van der Waals surface area contributed by atoms with Crippen LogP contribution in [0, 0.1) is 11.8 Å². The molecule has 3 atom stereocenters. The van der Waals surface area contributed by atoms with E-state index in [0.29, 0.717) is 12.5 Å². The fraction of sp³-hybridized carbons (Fsp3) is 0.917. The summed E-state index contributed by atoms with van der Waals surface area (Å²) in [5, 5.41) is 3.10. The summed E-state index contributed by atoms with van der Waals surface area (Å²) in [6.07, 6.45) is 4.29. The van der Waals surface area contributed by atoms with E-state index in [1.165, 1.54) is 12.8 Å². The Morgan fingerprint density at radius 3 is 2.60 bits per heavy atom. The molecule has 0 spiro atoms. The maximum Gasteiger partial charge on any atom is 0.223 e. The predicted octanol–water partition coefficient (Wildman–Crippen LogP) is 1.67. The smallest absolute Gasteiger partial charge is 0.223 e. The maximum absolute atomic E-state index is 12.0. The highest BCUT2D eigenvalue weighted by molar-refractivity contribution is 5.80. The zero-order valence-corrected chi connectivity index (χ0v) is 10.2. The van der Waals surface area contributed by atoms with Crippen LogP contribution in [0.1, 0.15) is 46.5 Å². The third kappa shape index (κ3) is 2.94. The zero-order chi connectivity index (χ0) is 11.5. The van der Waals surface area contributed by atoms with Gasteiger partial charge in [-0.25, -0.2) is 0 Å². The minimum Gasteiger partial charge on any atom is -0.349 e. The van der Waals surface area contributed by atoms with Crippen LogP contribution in [-0.2, 0) is 4.79 Å². The molecule has 88 valence electrons. The fourth-order valence-electron chi connectivity index (χ4n) is 2.21. The van der Waals surface area contributed by atoms with Crippen molar-refractivity contribution in [2.75, 3.05) is 6.54 Å². The summed E-state index contributed by atoms with van der Waals surface area (Å²) >= 11 is 0. The Hall–Kier alpha value is -0.570. The van der Waals surface area contributed by atoms with Crippen molar-refractivity contribution in [1.82, 2.24) is 5.32 Å². The summed E-state index contributed by atoms with van der Waals surface area (Å²) in [7, 11) is 0. The second-order valence-corrected chi connectivity index (χ2v) is 5.12. The van der Waals surface area contributed by atoms with Crippen molar-refractivity contribution in [2.24, 2.45) is 17.6 Å². The van der Waals surface area contributed by atoms with E-state index in [0.717, 1.165) is 12.8 Å². The predicted molar refractivity (Wildman–Crippen MR) is 62.4 cm³/mol. The number of nitrogens with two attached hydrogens (primary N) is 1. The average molecular weight is 212 g/mol. The van der Waals surface area contributed by atoms with E-state index in [1.807, 2.05) is 6.92 Å². The van der Waals surface area contributed by atoms with Crippen LogP contribution in [0.3, 0.4) is 0 Å². The minimum atomic E-state index is -0.223. The first-order chi connectivity index (χ1) is 7.02. The standard InChI is InChI=1S/C12H24N2O/c1-4-12(3,8-13)14-11(15)10-7-5-6-9(10)2/h9-10H,4-8,13H2,1-3H3,(H,14,15). The lowest BCUT2D eigenvalue weighted by molar-refractivity contribution is -0.127. The monoisotopic (exact) mass is 212 g/mol. The van der Waals surface area contributed by atoms with Gasteiger partial charge < -0.3 is 11.1 Å². The summed E-state index contributed by atoms with van der Waals surface area (Å²) in [5.41, 5.74) is 5.46. The van der Waals surface area contributed by atoms with Crippen LogP contribution in [0.15, 0.2) is 0 Å². The molecule has 1 fully saturated rings. The van der Waals surface area contributed by atoms with Gasteiger partial charge in [0.05, 0.1) is 0 Å². The molecule has 0 aliphatic heterocycles. The highest BCUT2D eigenvalue weighted by Crippen LogP contribution is 2.31. The van der Waals surface area contributed by atoms with Crippen LogP contribution in [0.25, 0.3) is 0 Å².